The van der Waals surface area contributed by atoms with Gasteiger partial charge in [-0.05, 0) is 47.8 Å². The van der Waals surface area contributed by atoms with Crippen molar-refractivity contribution >= 4 is 15.9 Å². The quantitative estimate of drug-likeness (QED) is 0.443. The summed E-state index contributed by atoms with van der Waals surface area (Å²) in [6.45, 7) is 19.0. The average molecular weight is 333 g/mol. The standard InChI is InChI=1S/C18H37Br/c1-14(11-17(3,4)5)9-10-16(13-19)15(2)12-18(6,7)8/h14-16H,9-13H2,1-8H3/t14?,15-,16?/m1/s1. The van der Waals surface area contributed by atoms with Crippen LogP contribution in [0.5, 0.6) is 0 Å². The van der Waals surface area contributed by atoms with Crippen LogP contribution in [0.2, 0.25) is 0 Å². The molecule has 2 unspecified atom stereocenters. The zero-order valence-electron chi connectivity index (χ0n) is 14.6. The SMILES string of the molecule is CC(CCC(CBr)[C@H](C)CC(C)(C)C)CC(C)(C)C. The summed E-state index contributed by atoms with van der Waals surface area (Å²) in [5.41, 5.74) is 0.928. The van der Waals surface area contributed by atoms with Crippen molar-refractivity contribution in [2.75, 3.05) is 5.33 Å². The molecule has 0 fully saturated rings. The number of halogens is 1. The van der Waals surface area contributed by atoms with E-state index in [2.05, 4.69) is 71.3 Å². The summed E-state index contributed by atoms with van der Waals surface area (Å²) in [6, 6.07) is 0. The van der Waals surface area contributed by atoms with Crippen molar-refractivity contribution in [3.8, 4) is 0 Å². The smallest absolute Gasteiger partial charge is 0.00622 e. The van der Waals surface area contributed by atoms with Gasteiger partial charge in [-0.1, -0.05) is 77.7 Å². The van der Waals surface area contributed by atoms with Crippen molar-refractivity contribution in [2.45, 2.75) is 81.1 Å². The van der Waals surface area contributed by atoms with E-state index < -0.39 is 0 Å². The van der Waals surface area contributed by atoms with E-state index >= 15 is 0 Å². The van der Waals surface area contributed by atoms with Gasteiger partial charge >= 0.3 is 0 Å². The fourth-order valence-corrected chi connectivity index (χ4v) is 4.25. The Kier molecular flexibility index (Phi) is 8.26. The molecule has 0 saturated heterocycles. The first-order chi connectivity index (χ1) is 8.44. The first kappa shape index (κ1) is 19.5. The Balaban J connectivity index is 4.19. The van der Waals surface area contributed by atoms with Crippen molar-refractivity contribution in [3.63, 3.8) is 0 Å². The molecule has 116 valence electrons. The number of hydrogen-bond donors (Lipinski definition) is 0. The van der Waals surface area contributed by atoms with Crippen LogP contribution < -0.4 is 0 Å². The summed E-state index contributed by atoms with van der Waals surface area (Å²) >= 11 is 3.74. The lowest BCUT2D eigenvalue weighted by molar-refractivity contribution is 0.225. The van der Waals surface area contributed by atoms with Crippen LogP contribution in [0.3, 0.4) is 0 Å². The summed E-state index contributed by atoms with van der Waals surface area (Å²) < 4.78 is 0. The lowest BCUT2D eigenvalue weighted by Gasteiger charge is -2.30. The van der Waals surface area contributed by atoms with Crippen LogP contribution in [0.15, 0.2) is 0 Å². The monoisotopic (exact) mass is 332 g/mol. The second kappa shape index (κ2) is 8.05. The predicted octanol–water partition coefficient (Wildman–Crippen LogP) is 6.92. The molecule has 0 aliphatic heterocycles. The van der Waals surface area contributed by atoms with E-state index in [9.17, 15) is 0 Å². The summed E-state index contributed by atoms with van der Waals surface area (Å²) in [6.07, 6.45) is 5.42. The van der Waals surface area contributed by atoms with Gasteiger partial charge in [-0.2, -0.15) is 0 Å². The summed E-state index contributed by atoms with van der Waals surface area (Å²) in [7, 11) is 0. The van der Waals surface area contributed by atoms with Crippen molar-refractivity contribution in [1.29, 1.82) is 0 Å². The highest BCUT2D eigenvalue weighted by molar-refractivity contribution is 9.09. The highest BCUT2D eigenvalue weighted by Crippen LogP contribution is 2.34. The van der Waals surface area contributed by atoms with Crippen LogP contribution in [-0.2, 0) is 0 Å². The Hall–Kier alpha value is 0.480. The van der Waals surface area contributed by atoms with Gasteiger partial charge in [0.2, 0.25) is 0 Å². The molecule has 0 aromatic rings. The number of rotatable bonds is 7. The first-order valence-electron chi connectivity index (χ1n) is 8.00. The molecule has 0 saturated carbocycles. The molecular weight excluding hydrogens is 296 g/mol. The zero-order valence-corrected chi connectivity index (χ0v) is 16.2. The molecule has 0 nitrogen and oxygen atoms in total. The molecule has 0 aliphatic carbocycles. The summed E-state index contributed by atoms with van der Waals surface area (Å²) in [5, 5.41) is 1.16. The summed E-state index contributed by atoms with van der Waals surface area (Å²) in [5.74, 6) is 2.51. The maximum absolute atomic E-state index is 3.74. The van der Waals surface area contributed by atoms with Gasteiger partial charge in [0.1, 0.15) is 0 Å². The third kappa shape index (κ3) is 10.9. The highest BCUT2D eigenvalue weighted by Gasteiger charge is 2.23. The Morgan fingerprint density at radius 2 is 1.26 bits per heavy atom. The van der Waals surface area contributed by atoms with E-state index in [4.69, 9.17) is 0 Å². The molecule has 0 N–H and O–H groups in total. The topological polar surface area (TPSA) is 0 Å². The van der Waals surface area contributed by atoms with Gasteiger partial charge in [0.15, 0.2) is 0 Å². The lowest BCUT2D eigenvalue weighted by atomic mass is 9.77. The van der Waals surface area contributed by atoms with Gasteiger partial charge in [0.05, 0.1) is 0 Å². The average Bonchev–Trinajstić information content (AvgIpc) is 2.12. The largest absolute Gasteiger partial charge is 0.0925 e. The highest BCUT2D eigenvalue weighted by atomic mass is 79.9. The van der Waals surface area contributed by atoms with Crippen LogP contribution in [0.4, 0.5) is 0 Å². The Bertz CT molecular complexity index is 231. The minimum Gasteiger partial charge on any atom is -0.0925 e. The molecule has 0 aromatic heterocycles. The zero-order chi connectivity index (χ0) is 15.3. The molecule has 0 radical (unpaired) electrons. The second-order valence-corrected chi connectivity index (χ2v) is 9.75. The van der Waals surface area contributed by atoms with E-state index in [1.807, 2.05) is 0 Å². The molecule has 0 bridgehead atoms. The van der Waals surface area contributed by atoms with Crippen LogP contribution in [0.25, 0.3) is 0 Å². The fraction of sp³-hybridized carbons (Fsp3) is 1.00. The molecule has 0 amide bonds. The first-order valence-corrected chi connectivity index (χ1v) is 9.13. The van der Waals surface area contributed by atoms with Crippen LogP contribution in [0.1, 0.15) is 81.1 Å². The Morgan fingerprint density at radius 3 is 1.63 bits per heavy atom. The lowest BCUT2D eigenvalue weighted by Crippen LogP contribution is -2.21. The molecule has 19 heavy (non-hydrogen) atoms. The predicted molar refractivity (Wildman–Crippen MR) is 93.0 cm³/mol. The van der Waals surface area contributed by atoms with Gasteiger partial charge < -0.3 is 0 Å². The number of alkyl halides is 1. The molecule has 1 heteroatoms. The summed E-state index contributed by atoms with van der Waals surface area (Å²) in [4.78, 5) is 0. The minimum absolute atomic E-state index is 0.455. The molecule has 0 heterocycles. The van der Waals surface area contributed by atoms with E-state index in [1.165, 1.54) is 25.7 Å². The van der Waals surface area contributed by atoms with Gasteiger partial charge in [-0.15, -0.1) is 0 Å². The van der Waals surface area contributed by atoms with Crippen LogP contribution in [0, 0.1) is 28.6 Å². The molecular formula is C18H37Br. The molecule has 0 aliphatic rings. The minimum atomic E-state index is 0.455. The van der Waals surface area contributed by atoms with Crippen molar-refractivity contribution < 1.29 is 0 Å². The van der Waals surface area contributed by atoms with Crippen molar-refractivity contribution in [1.82, 2.24) is 0 Å². The maximum Gasteiger partial charge on any atom is 0.00622 e. The Morgan fingerprint density at radius 1 is 0.789 bits per heavy atom. The normalized spacial score (nSPS) is 18.2. The fourth-order valence-electron chi connectivity index (χ4n) is 3.29. The third-order valence-corrected chi connectivity index (χ3v) is 4.76. The Labute approximate surface area is 131 Å². The van der Waals surface area contributed by atoms with Gasteiger partial charge in [0, 0.05) is 5.33 Å². The van der Waals surface area contributed by atoms with E-state index in [-0.39, 0.29) is 0 Å². The molecule has 0 spiro atoms. The molecule has 0 rings (SSSR count). The van der Waals surface area contributed by atoms with Crippen LogP contribution in [-0.4, -0.2) is 5.33 Å². The van der Waals surface area contributed by atoms with Crippen LogP contribution >= 0.6 is 15.9 Å². The number of hydrogen-bond acceptors (Lipinski definition) is 0. The molecule has 3 atom stereocenters. The van der Waals surface area contributed by atoms with Gasteiger partial charge in [-0.3, -0.25) is 0 Å². The van der Waals surface area contributed by atoms with E-state index in [1.54, 1.807) is 0 Å². The van der Waals surface area contributed by atoms with Gasteiger partial charge in [0.25, 0.3) is 0 Å². The molecule has 0 aromatic carbocycles. The second-order valence-electron chi connectivity index (χ2n) is 9.10. The van der Waals surface area contributed by atoms with E-state index in [0.717, 1.165) is 23.1 Å². The van der Waals surface area contributed by atoms with Crippen molar-refractivity contribution in [3.05, 3.63) is 0 Å². The third-order valence-electron chi connectivity index (χ3n) is 3.93. The van der Waals surface area contributed by atoms with Gasteiger partial charge in [-0.25, -0.2) is 0 Å². The maximum atomic E-state index is 3.74. The van der Waals surface area contributed by atoms with Crippen molar-refractivity contribution in [2.24, 2.45) is 28.6 Å². The van der Waals surface area contributed by atoms with E-state index in [0.29, 0.717) is 10.8 Å².